The van der Waals surface area contributed by atoms with E-state index in [2.05, 4.69) is 23.5 Å². The highest BCUT2D eigenvalue weighted by Crippen LogP contribution is 2.04. The van der Waals surface area contributed by atoms with Crippen molar-refractivity contribution in [3.8, 4) is 0 Å². The molecule has 0 aliphatic carbocycles. The minimum Gasteiger partial charge on any atom is -0.466 e. The first-order valence-corrected chi connectivity index (χ1v) is 6.72. The Bertz CT molecular complexity index is 304. The predicted molar refractivity (Wildman–Crippen MR) is 81.0 cm³/mol. The fourth-order valence-corrected chi connectivity index (χ4v) is 1.64. The zero-order chi connectivity index (χ0) is 14.7. The van der Waals surface area contributed by atoms with Gasteiger partial charge in [0.05, 0.1) is 13.2 Å². The van der Waals surface area contributed by atoms with Gasteiger partial charge in [0.15, 0.2) is 0 Å². The van der Waals surface area contributed by atoms with Crippen molar-refractivity contribution in [3.63, 3.8) is 0 Å². The van der Waals surface area contributed by atoms with Crippen LogP contribution in [0.4, 0.5) is 0 Å². The Morgan fingerprint density at radius 3 is 2.20 bits per heavy atom. The van der Waals surface area contributed by atoms with Crippen LogP contribution < -0.4 is 0 Å². The number of hydrogen-bond donors (Lipinski definition) is 0. The van der Waals surface area contributed by atoms with Gasteiger partial charge in [0, 0.05) is 12.2 Å². The van der Waals surface area contributed by atoms with E-state index in [4.69, 9.17) is 4.74 Å². The Labute approximate surface area is 127 Å². The zero-order valence-electron chi connectivity index (χ0n) is 12.8. The lowest BCUT2D eigenvalue weighted by atomic mass is 10.2. The second-order valence-corrected chi connectivity index (χ2v) is 4.27. The number of nitrogens with zero attached hydrogens (tertiary/aromatic N) is 1. The highest BCUT2D eigenvalue weighted by molar-refractivity contribution is 5.91. The average molecular weight is 308 g/mol. The maximum Gasteiger partial charge on any atom is 0.331 e. The van der Waals surface area contributed by atoms with Gasteiger partial charge >= 0.3 is 11.9 Å². The SMILES string of the molecule is CCN(CC)CCCC(C)OC(=O)C=CC(=O)OC.Cl. The van der Waals surface area contributed by atoms with E-state index < -0.39 is 11.9 Å². The number of methoxy groups -OCH3 is 1. The molecule has 0 bridgehead atoms. The fraction of sp³-hybridized carbons (Fsp3) is 0.714. The van der Waals surface area contributed by atoms with Crippen molar-refractivity contribution < 1.29 is 19.1 Å². The van der Waals surface area contributed by atoms with Crippen molar-refractivity contribution in [1.82, 2.24) is 4.90 Å². The molecule has 118 valence electrons. The maximum absolute atomic E-state index is 11.4. The molecule has 0 heterocycles. The van der Waals surface area contributed by atoms with Crippen molar-refractivity contribution >= 4 is 24.3 Å². The topological polar surface area (TPSA) is 55.8 Å². The van der Waals surface area contributed by atoms with E-state index in [1.165, 1.54) is 7.11 Å². The van der Waals surface area contributed by atoms with E-state index in [-0.39, 0.29) is 18.5 Å². The van der Waals surface area contributed by atoms with Crippen LogP contribution >= 0.6 is 12.4 Å². The summed E-state index contributed by atoms with van der Waals surface area (Å²) >= 11 is 0. The van der Waals surface area contributed by atoms with E-state index in [1.54, 1.807) is 0 Å². The van der Waals surface area contributed by atoms with Crippen molar-refractivity contribution in [2.45, 2.75) is 39.7 Å². The van der Waals surface area contributed by atoms with Crippen LogP contribution in [0.2, 0.25) is 0 Å². The third-order valence-electron chi connectivity index (χ3n) is 2.85. The molecule has 0 spiro atoms. The van der Waals surface area contributed by atoms with Crippen molar-refractivity contribution in [3.05, 3.63) is 12.2 Å². The Hall–Kier alpha value is -1.07. The molecule has 0 N–H and O–H groups in total. The molecule has 1 unspecified atom stereocenters. The number of halogens is 1. The number of esters is 2. The number of ether oxygens (including phenoxy) is 2. The number of rotatable bonds is 9. The number of carbonyl (C=O) groups excluding carboxylic acids is 2. The van der Waals surface area contributed by atoms with Crippen LogP contribution in [-0.2, 0) is 19.1 Å². The van der Waals surface area contributed by atoms with Crippen LogP contribution in [0, 0.1) is 0 Å². The molecule has 0 aromatic heterocycles. The van der Waals surface area contributed by atoms with E-state index >= 15 is 0 Å². The van der Waals surface area contributed by atoms with Gasteiger partial charge in [-0.3, -0.25) is 0 Å². The molecular formula is C14H26ClNO4. The summed E-state index contributed by atoms with van der Waals surface area (Å²) < 4.78 is 9.52. The molecule has 0 saturated carbocycles. The van der Waals surface area contributed by atoms with Gasteiger partial charge < -0.3 is 14.4 Å². The first-order valence-electron chi connectivity index (χ1n) is 6.72. The van der Waals surface area contributed by atoms with Gasteiger partial charge in [-0.15, -0.1) is 12.4 Å². The first kappa shape index (κ1) is 21.2. The van der Waals surface area contributed by atoms with Gasteiger partial charge in [0.1, 0.15) is 0 Å². The average Bonchev–Trinajstić information content (AvgIpc) is 2.40. The van der Waals surface area contributed by atoms with Gasteiger partial charge in [0.25, 0.3) is 0 Å². The Balaban J connectivity index is 0. The van der Waals surface area contributed by atoms with Gasteiger partial charge in [-0.1, -0.05) is 13.8 Å². The van der Waals surface area contributed by atoms with Crippen LogP contribution in [0.1, 0.15) is 33.6 Å². The van der Waals surface area contributed by atoms with Crippen LogP contribution in [0.25, 0.3) is 0 Å². The molecule has 0 aliphatic heterocycles. The predicted octanol–water partition coefficient (Wildman–Crippen LogP) is 2.19. The minimum absolute atomic E-state index is 0. The first-order chi connectivity index (χ1) is 9.03. The molecule has 0 amide bonds. The smallest absolute Gasteiger partial charge is 0.331 e. The van der Waals surface area contributed by atoms with E-state index in [1.807, 2.05) is 6.92 Å². The highest BCUT2D eigenvalue weighted by atomic mass is 35.5. The van der Waals surface area contributed by atoms with E-state index in [9.17, 15) is 9.59 Å². The quantitative estimate of drug-likeness (QED) is 0.483. The Morgan fingerprint density at radius 2 is 1.70 bits per heavy atom. The number of hydrogen-bond acceptors (Lipinski definition) is 5. The summed E-state index contributed by atoms with van der Waals surface area (Å²) in [6.07, 6.45) is 3.80. The standard InChI is InChI=1S/C14H25NO4.ClH/c1-5-15(6-2)11-7-8-12(3)19-14(17)10-9-13(16)18-4;/h9-10,12H,5-8,11H2,1-4H3;1H. The molecule has 0 aromatic carbocycles. The molecule has 6 heteroatoms. The third kappa shape index (κ3) is 10.8. The van der Waals surface area contributed by atoms with Crippen LogP contribution in [-0.4, -0.2) is 49.7 Å². The summed E-state index contributed by atoms with van der Waals surface area (Å²) in [6, 6.07) is 0. The Kier molecular flexibility index (Phi) is 13.7. The summed E-state index contributed by atoms with van der Waals surface area (Å²) in [6.45, 7) is 9.19. The maximum atomic E-state index is 11.4. The van der Waals surface area contributed by atoms with Crippen molar-refractivity contribution in [1.29, 1.82) is 0 Å². The van der Waals surface area contributed by atoms with Crippen molar-refractivity contribution in [2.75, 3.05) is 26.7 Å². The third-order valence-corrected chi connectivity index (χ3v) is 2.85. The van der Waals surface area contributed by atoms with Gasteiger partial charge in [0.2, 0.25) is 0 Å². The summed E-state index contributed by atoms with van der Waals surface area (Å²) in [4.78, 5) is 24.5. The fourth-order valence-electron chi connectivity index (χ4n) is 1.64. The lowest BCUT2D eigenvalue weighted by molar-refractivity contribution is -0.143. The molecule has 0 aliphatic rings. The zero-order valence-corrected chi connectivity index (χ0v) is 13.6. The van der Waals surface area contributed by atoms with Crippen LogP contribution in [0.15, 0.2) is 12.2 Å². The summed E-state index contributed by atoms with van der Waals surface area (Å²) in [5.74, 6) is -1.08. The van der Waals surface area contributed by atoms with Crippen LogP contribution in [0.5, 0.6) is 0 Å². The lowest BCUT2D eigenvalue weighted by Crippen LogP contribution is -2.25. The molecule has 0 rings (SSSR count). The van der Waals surface area contributed by atoms with Crippen molar-refractivity contribution in [2.24, 2.45) is 0 Å². The normalized spacial score (nSPS) is 12.1. The second-order valence-electron chi connectivity index (χ2n) is 4.27. The van der Waals surface area contributed by atoms with Crippen LogP contribution in [0.3, 0.4) is 0 Å². The summed E-state index contributed by atoms with van der Waals surface area (Å²) in [5, 5.41) is 0. The molecule has 0 saturated heterocycles. The lowest BCUT2D eigenvalue weighted by Gasteiger charge is -2.19. The number of carbonyl (C=O) groups is 2. The largest absolute Gasteiger partial charge is 0.466 e. The molecule has 1 atom stereocenters. The van der Waals surface area contributed by atoms with Gasteiger partial charge in [-0.2, -0.15) is 0 Å². The summed E-state index contributed by atoms with van der Waals surface area (Å²) in [5.41, 5.74) is 0. The van der Waals surface area contributed by atoms with Gasteiger partial charge in [-0.05, 0) is 39.4 Å². The highest BCUT2D eigenvalue weighted by Gasteiger charge is 2.08. The molecule has 0 fully saturated rings. The molecular weight excluding hydrogens is 282 g/mol. The molecule has 0 radical (unpaired) electrons. The second kappa shape index (κ2) is 12.9. The Morgan fingerprint density at radius 1 is 1.15 bits per heavy atom. The van der Waals surface area contributed by atoms with Gasteiger partial charge in [-0.25, -0.2) is 9.59 Å². The molecule has 5 nitrogen and oxygen atoms in total. The minimum atomic E-state index is -0.564. The summed E-state index contributed by atoms with van der Waals surface area (Å²) in [7, 11) is 1.26. The molecule has 20 heavy (non-hydrogen) atoms. The van der Waals surface area contributed by atoms with E-state index in [0.717, 1.165) is 44.6 Å². The van der Waals surface area contributed by atoms with E-state index in [0.29, 0.717) is 0 Å². The monoisotopic (exact) mass is 307 g/mol. The molecule has 0 aromatic rings.